The topological polar surface area (TPSA) is 71.4 Å². The van der Waals surface area contributed by atoms with Crippen LogP contribution in [0.2, 0.25) is 0 Å². The number of likely N-dealkylation sites (tertiary alicyclic amines) is 1. The average Bonchev–Trinajstić information content (AvgIpc) is 3.18. The maximum absolute atomic E-state index is 11.4. The number of hydrogen-bond donors (Lipinski definition) is 1. The highest BCUT2D eigenvalue weighted by atomic mass is 16.5. The van der Waals surface area contributed by atoms with Crippen LogP contribution in [0.25, 0.3) is 0 Å². The molecular weight excluding hydrogens is 270 g/mol. The van der Waals surface area contributed by atoms with Gasteiger partial charge in [0.2, 0.25) is 5.76 Å². The highest BCUT2D eigenvalue weighted by Gasteiger charge is 2.24. The zero-order valence-electron chi connectivity index (χ0n) is 12.0. The van der Waals surface area contributed by atoms with Crippen molar-refractivity contribution in [2.45, 2.75) is 25.3 Å². The second-order valence-electron chi connectivity index (χ2n) is 5.31. The average molecular weight is 289 g/mol. The summed E-state index contributed by atoms with van der Waals surface area (Å²) in [6, 6.07) is 3.50. The van der Waals surface area contributed by atoms with Gasteiger partial charge in [0.15, 0.2) is 0 Å². The predicted octanol–water partition coefficient (Wildman–Crippen LogP) is 2.17. The van der Waals surface area contributed by atoms with E-state index in [1.807, 2.05) is 12.3 Å². The van der Waals surface area contributed by atoms with Gasteiger partial charge in [0.1, 0.15) is 11.6 Å². The van der Waals surface area contributed by atoms with Crippen molar-refractivity contribution in [2.24, 2.45) is 0 Å². The van der Waals surface area contributed by atoms with Crippen molar-refractivity contribution in [3.8, 4) is 0 Å². The first-order valence-electron chi connectivity index (χ1n) is 7.15. The summed E-state index contributed by atoms with van der Waals surface area (Å²) in [5, 5.41) is 0. The minimum atomic E-state index is -0.437. The van der Waals surface area contributed by atoms with Gasteiger partial charge in [-0.15, -0.1) is 0 Å². The highest BCUT2D eigenvalue weighted by molar-refractivity contribution is 5.86. The van der Waals surface area contributed by atoms with Crippen LogP contribution < -0.4 is 0 Å². The molecule has 6 heteroatoms. The van der Waals surface area contributed by atoms with E-state index in [1.54, 1.807) is 12.3 Å². The zero-order chi connectivity index (χ0) is 14.7. The number of methoxy groups -OCH3 is 1. The van der Waals surface area contributed by atoms with Crippen molar-refractivity contribution in [1.29, 1.82) is 0 Å². The molecule has 0 spiro atoms. The second-order valence-corrected chi connectivity index (χ2v) is 5.31. The molecule has 1 saturated heterocycles. The number of aromatic amines is 1. The lowest BCUT2D eigenvalue weighted by atomic mass is 9.97. The van der Waals surface area contributed by atoms with Gasteiger partial charge in [-0.25, -0.2) is 9.78 Å². The number of esters is 1. The molecule has 0 aliphatic carbocycles. The lowest BCUT2D eigenvalue weighted by Gasteiger charge is -2.31. The molecule has 0 saturated carbocycles. The number of carbonyl (C=O) groups is 1. The summed E-state index contributed by atoms with van der Waals surface area (Å²) in [4.78, 5) is 21.3. The Hall–Kier alpha value is -2.08. The van der Waals surface area contributed by atoms with Gasteiger partial charge in [0.25, 0.3) is 0 Å². The summed E-state index contributed by atoms with van der Waals surface area (Å²) >= 11 is 0. The number of H-pyrrole nitrogens is 1. The van der Waals surface area contributed by atoms with E-state index in [2.05, 4.69) is 19.6 Å². The molecule has 1 fully saturated rings. The Morgan fingerprint density at radius 1 is 1.57 bits per heavy atom. The fourth-order valence-corrected chi connectivity index (χ4v) is 2.82. The molecule has 3 rings (SSSR count). The number of nitrogens with one attached hydrogen (secondary N) is 1. The van der Waals surface area contributed by atoms with E-state index < -0.39 is 5.97 Å². The lowest BCUT2D eigenvalue weighted by Crippen LogP contribution is -2.34. The highest BCUT2D eigenvalue weighted by Crippen LogP contribution is 2.25. The van der Waals surface area contributed by atoms with Crippen LogP contribution in [0.4, 0.5) is 0 Å². The van der Waals surface area contributed by atoms with E-state index in [0.29, 0.717) is 12.5 Å². The first-order valence-corrected chi connectivity index (χ1v) is 7.15. The molecule has 1 unspecified atom stereocenters. The maximum atomic E-state index is 11.4. The van der Waals surface area contributed by atoms with Gasteiger partial charge in [0.05, 0.1) is 13.7 Å². The minimum Gasteiger partial charge on any atom is -0.463 e. The van der Waals surface area contributed by atoms with E-state index in [0.717, 1.165) is 37.5 Å². The molecule has 1 atom stereocenters. The van der Waals surface area contributed by atoms with Crippen molar-refractivity contribution in [1.82, 2.24) is 14.9 Å². The van der Waals surface area contributed by atoms with Gasteiger partial charge in [-0.3, -0.25) is 4.90 Å². The number of furan rings is 1. The monoisotopic (exact) mass is 289 g/mol. The molecule has 112 valence electrons. The smallest absolute Gasteiger partial charge is 0.373 e. The third kappa shape index (κ3) is 3.16. The molecule has 0 radical (unpaired) electrons. The molecule has 2 aromatic heterocycles. The molecule has 3 heterocycles. The molecule has 2 aromatic rings. The third-order valence-corrected chi connectivity index (χ3v) is 3.84. The maximum Gasteiger partial charge on any atom is 0.373 e. The molecule has 6 nitrogen and oxygen atoms in total. The number of imidazole rings is 1. The van der Waals surface area contributed by atoms with Crippen molar-refractivity contribution in [2.75, 3.05) is 20.2 Å². The van der Waals surface area contributed by atoms with E-state index in [4.69, 9.17) is 4.42 Å². The summed E-state index contributed by atoms with van der Waals surface area (Å²) < 4.78 is 10.2. The number of aromatic nitrogens is 2. The number of nitrogens with zero attached hydrogens (tertiary/aromatic N) is 2. The van der Waals surface area contributed by atoms with Crippen LogP contribution in [0.5, 0.6) is 0 Å². The van der Waals surface area contributed by atoms with Crippen LogP contribution in [0.15, 0.2) is 28.9 Å². The van der Waals surface area contributed by atoms with Crippen LogP contribution in [-0.4, -0.2) is 41.0 Å². The van der Waals surface area contributed by atoms with Gasteiger partial charge in [0, 0.05) is 24.9 Å². The fraction of sp³-hybridized carbons (Fsp3) is 0.467. The second kappa shape index (κ2) is 6.13. The van der Waals surface area contributed by atoms with Crippen LogP contribution in [0.3, 0.4) is 0 Å². The Morgan fingerprint density at radius 3 is 3.24 bits per heavy atom. The van der Waals surface area contributed by atoms with Crippen molar-refractivity contribution >= 4 is 5.97 Å². The van der Waals surface area contributed by atoms with E-state index in [9.17, 15) is 4.79 Å². The van der Waals surface area contributed by atoms with Gasteiger partial charge >= 0.3 is 5.97 Å². The summed E-state index contributed by atoms with van der Waals surface area (Å²) in [5.41, 5.74) is 0. The van der Waals surface area contributed by atoms with Gasteiger partial charge in [-0.05, 0) is 31.5 Å². The lowest BCUT2D eigenvalue weighted by molar-refractivity contribution is 0.0560. The Balaban J connectivity index is 1.62. The van der Waals surface area contributed by atoms with Gasteiger partial charge < -0.3 is 14.1 Å². The van der Waals surface area contributed by atoms with Crippen molar-refractivity contribution in [3.63, 3.8) is 0 Å². The molecular formula is C15H19N3O3. The van der Waals surface area contributed by atoms with Crippen LogP contribution in [0, 0.1) is 0 Å². The molecule has 1 aliphatic rings. The SMILES string of the molecule is COC(=O)c1ccc(CN2CCCC(c3ncc[nH]3)C2)o1. The van der Waals surface area contributed by atoms with Gasteiger partial charge in [-0.1, -0.05) is 0 Å². The zero-order valence-corrected chi connectivity index (χ0v) is 12.0. The van der Waals surface area contributed by atoms with Crippen molar-refractivity contribution in [3.05, 3.63) is 41.9 Å². The normalized spacial score (nSPS) is 19.6. The summed E-state index contributed by atoms with van der Waals surface area (Å²) in [6.45, 7) is 2.68. The minimum absolute atomic E-state index is 0.257. The van der Waals surface area contributed by atoms with Crippen LogP contribution >= 0.6 is 0 Å². The van der Waals surface area contributed by atoms with Gasteiger partial charge in [-0.2, -0.15) is 0 Å². The standard InChI is InChI=1S/C15H19N3O3/c1-20-15(19)13-5-4-12(21-13)10-18-8-2-3-11(9-18)14-16-6-7-17-14/h4-7,11H,2-3,8-10H2,1H3,(H,16,17). The van der Waals surface area contributed by atoms with Crippen LogP contribution in [-0.2, 0) is 11.3 Å². The van der Waals surface area contributed by atoms with Crippen LogP contribution in [0.1, 0.15) is 40.9 Å². The third-order valence-electron chi connectivity index (χ3n) is 3.84. The number of piperidine rings is 1. The Morgan fingerprint density at radius 2 is 2.48 bits per heavy atom. The molecule has 0 bridgehead atoms. The predicted molar refractivity (Wildman–Crippen MR) is 75.9 cm³/mol. The molecule has 0 aromatic carbocycles. The van der Waals surface area contributed by atoms with Crippen molar-refractivity contribution < 1.29 is 13.9 Å². The number of hydrogen-bond acceptors (Lipinski definition) is 5. The number of ether oxygens (including phenoxy) is 1. The molecule has 0 amide bonds. The number of rotatable bonds is 4. The largest absolute Gasteiger partial charge is 0.463 e. The summed E-state index contributed by atoms with van der Waals surface area (Å²) in [5.74, 6) is 2.09. The first kappa shape index (κ1) is 13.9. The van der Waals surface area contributed by atoms with E-state index >= 15 is 0 Å². The Kier molecular flexibility index (Phi) is 4.06. The molecule has 1 aliphatic heterocycles. The number of carbonyl (C=O) groups excluding carboxylic acids is 1. The fourth-order valence-electron chi connectivity index (χ4n) is 2.82. The summed E-state index contributed by atoms with van der Waals surface area (Å²) in [7, 11) is 1.35. The molecule has 1 N–H and O–H groups in total. The molecule has 21 heavy (non-hydrogen) atoms. The van der Waals surface area contributed by atoms with E-state index in [1.165, 1.54) is 7.11 Å². The quantitative estimate of drug-likeness (QED) is 0.873. The Bertz CT molecular complexity index is 591. The summed E-state index contributed by atoms with van der Waals surface area (Å²) in [6.07, 6.45) is 5.94. The van der Waals surface area contributed by atoms with E-state index in [-0.39, 0.29) is 5.76 Å². The first-order chi connectivity index (χ1) is 10.3. The Labute approximate surface area is 123 Å².